The van der Waals surface area contributed by atoms with Gasteiger partial charge in [0.2, 0.25) is 0 Å². The third-order valence-electron chi connectivity index (χ3n) is 3.21. The van der Waals surface area contributed by atoms with Crippen molar-refractivity contribution in [2.75, 3.05) is 24.6 Å². The molecule has 0 radical (unpaired) electrons. The van der Waals surface area contributed by atoms with Crippen LogP contribution >= 0.6 is 0 Å². The van der Waals surface area contributed by atoms with Gasteiger partial charge in [-0.15, -0.1) is 0 Å². The number of morpholine rings is 1. The maximum atomic E-state index is 12.0. The van der Waals surface area contributed by atoms with Crippen molar-refractivity contribution in [2.24, 2.45) is 0 Å². The first-order valence-corrected chi connectivity index (χ1v) is 6.12. The predicted molar refractivity (Wildman–Crippen MR) is 70.5 cm³/mol. The lowest BCUT2D eigenvalue weighted by atomic mass is 10.2. The Hall–Kier alpha value is -2.14. The van der Waals surface area contributed by atoms with Gasteiger partial charge in [0.1, 0.15) is 17.4 Å². The second-order valence-electron chi connectivity index (χ2n) is 4.45. The molecule has 1 aromatic heterocycles. The molecule has 1 fully saturated rings. The van der Waals surface area contributed by atoms with Gasteiger partial charge >= 0.3 is 5.63 Å². The zero-order valence-corrected chi connectivity index (χ0v) is 10.2. The average molecular weight is 259 g/mol. The normalized spacial score (nSPS) is 19.6. The van der Waals surface area contributed by atoms with Crippen molar-refractivity contribution in [3.8, 4) is 0 Å². The molecular formula is C14H13NO4. The lowest BCUT2D eigenvalue weighted by molar-refractivity contribution is -0.118. The predicted octanol–water partition coefficient (Wildman–Crippen LogP) is 1.20. The lowest BCUT2D eigenvalue weighted by Crippen LogP contribution is -2.44. The van der Waals surface area contributed by atoms with E-state index in [4.69, 9.17) is 9.15 Å². The van der Waals surface area contributed by atoms with Gasteiger partial charge in [-0.1, -0.05) is 18.2 Å². The number of carbonyl (C=O) groups is 1. The summed E-state index contributed by atoms with van der Waals surface area (Å²) in [5, 5.41) is 0.867. The summed E-state index contributed by atoms with van der Waals surface area (Å²) in [4.78, 5) is 24.6. The fourth-order valence-electron chi connectivity index (χ4n) is 2.25. The second-order valence-corrected chi connectivity index (χ2v) is 4.45. The number of anilines is 1. The van der Waals surface area contributed by atoms with Crippen molar-refractivity contribution >= 4 is 22.9 Å². The van der Waals surface area contributed by atoms with Gasteiger partial charge in [0.25, 0.3) is 0 Å². The molecule has 1 saturated heterocycles. The quantitative estimate of drug-likeness (QED) is 0.599. The number of aldehydes is 1. The van der Waals surface area contributed by atoms with Crippen molar-refractivity contribution in [1.82, 2.24) is 0 Å². The van der Waals surface area contributed by atoms with E-state index in [0.717, 1.165) is 11.7 Å². The summed E-state index contributed by atoms with van der Waals surface area (Å²) in [6.45, 7) is 1.38. The molecule has 0 bridgehead atoms. The standard InChI is InChI=1S/C14H13NO4/c16-9-11-8-15(5-6-18-11)12-7-10-3-1-2-4-13(10)19-14(12)17/h1-4,7,9,11H,5-6,8H2. The van der Waals surface area contributed by atoms with E-state index >= 15 is 0 Å². The highest BCUT2D eigenvalue weighted by Gasteiger charge is 2.22. The number of ether oxygens (including phenoxy) is 1. The van der Waals surface area contributed by atoms with Crippen LogP contribution in [0.15, 0.2) is 39.5 Å². The van der Waals surface area contributed by atoms with E-state index in [0.29, 0.717) is 31.0 Å². The van der Waals surface area contributed by atoms with Crippen LogP contribution in [0.3, 0.4) is 0 Å². The van der Waals surface area contributed by atoms with Crippen molar-refractivity contribution in [3.05, 3.63) is 40.8 Å². The molecule has 0 amide bonds. The smallest absolute Gasteiger partial charge is 0.360 e. The first-order chi connectivity index (χ1) is 9.28. The molecule has 5 heteroatoms. The molecule has 1 aromatic carbocycles. The molecular weight excluding hydrogens is 246 g/mol. The Morgan fingerprint density at radius 3 is 3.00 bits per heavy atom. The summed E-state index contributed by atoms with van der Waals surface area (Å²) in [6.07, 6.45) is 0.272. The summed E-state index contributed by atoms with van der Waals surface area (Å²) < 4.78 is 10.6. The van der Waals surface area contributed by atoms with E-state index < -0.39 is 6.10 Å². The molecule has 98 valence electrons. The van der Waals surface area contributed by atoms with Gasteiger partial charge in [-0.2, -0.15) is 0 Å². The Bertz CT molecular complexity index is 664. The highest BCUT2D eigenvalue weighted by Crippen LogP contribution is 2.19. The summed E-state index contributed by atoms with van der Waals surface area (Å²) in [5.74, 6) is 0. The molecule has 1 aliphatic heterocycles. The molecule has 19 heavy (non-hydrogen) atoms. The monoisotopic (exact) mass is 259 g/mol. The summed E-state index contributed by atoms with van der Waals surface area (Å²) in [6, 6.07) is 9.16. The zero-order chi connectivity index (χ0) is 13.2. The van der Waals surface area contributed by atoms with Crippen LogP contribution in [0.4, 0.5) is 5.69 Å². The van der Waals surface area contributed by atoms with Gasteiger partial charge in [-0.25, -0.2) is 4.79 Å². The second kappa shape index (κ2) is 4.85. The van der Waals surface area contributed by atoms with Crippen molar-refractivity contribution in [2.45, 2.75) is 6.10 Å². The average Bonchev–Trinajstić information content (AvgIpc) is 2.46. The SMILES string of the molecule is O=CC1CN(c2cc3ccccc3oc2=O)CCO1. The van der Waals surface area contributed by atoms with E-state index in [-0.39, 0.29) is 5.63 Å². The Morgan fingerprint density at radius 1 is 1.32 bits per heavy atom. The van der Waals surface area contributed by atoms with Crippen LogP contribution in [0.1, 0.15) is 0 Å². The molecule has 3 rings (SSSR count). The molecule has 5 nitrogen and oxygen atoms in total. The number of hydrogen-bond donors (Lipinski definition) is 0. The molecule has 0 aliphatic carbocycles. The maximum Gasteiger partial charge on any atom is 0.360 e. The Morgan fingerprint density at radius 2 is 2.16 bits per heavy atom. The molecule has 0 spiro atoms. The lowest BCUT2D eigenvalue weighted by Gasteiger charge is -2.31. The fourth-order valence-corrected chi connectivity index (χ4v) is 2.25. The van der Waals surface area contributed by atoms with Crippen LogP contribution in [0.5, 0.6) is 0 Å². The third kappa shape index (κ3) is 2.24. The summed E-state index contributed by atoms with van der Waals surface area (Å²) >= 11 is 0. The van der Waals surface area contributed by atoms with E-state index in [1.165, 1.54) is 0 Å². The number of benzene rings is 1. The van der Waals surface area contributed by atoms with E-state index in [9.17, 15) is 9.59 Å². The minimum atomic E-state index is -0.486. The molecule has 1 aliphatic rings. The van der Waals surface area contributed by atoms with Crippen molar-refractivity contribution in [1.29, 1.82) is 0 Å². The number of hydrogen-bond acceptors (Lipinski definition) is 5. The molecule has 0 saturated carbocycles. The maximum absolute atomic E-state index is 12.0. The molecule has 1 unspecified atom stereocenters. The number of rotatable bonds is 2. The minimum Gasteiger partial charge on any atom is -0.421 e. The van der Waals surface area contributed by atoms with Gasteiger partial charge in [0.05, 0.1) is 13.2 Å². The summed E-state index contributed by atoms with van der Waals surface area (Å²) in [7, 11) is 0. The highest BCUT2D eigenvalue weighted by molar-refractivity contribution is 5.79. The van der Waals surface area contributed by atoms with Crippen molar-refractivity contribution < 1.29 is 13.9 Å². The van der Waals surface area contributed by atoms with E-state index in [1.807, 2.05) is 23.1 Å². The minimum absolute atomic E-state index is 0.382. The van der Waals surface area contributed by atoms with Gasteiger partial charge in [-0.3, -0.25) is 0 Å². The van der Waals surface area contributed by atoms with Crippen LogP contribution in [-0.4, -0.2) is 32.1 Å². The molecule has 2 heterocycles. The van der Waals surface area contributed by atoms with Gasteiger partial charge < -0.3 is 18.8 Å². The number of para-hydroxylation sites is 1. The Labute approximate surface area is 109 Å². The largest absolute Gasteiger partial charge is 0.421 e. The number of nitrogens with zero attached hydrogens (tertiary/aromatic N) is 1. The zero-order valence-electron chi connectivity index (χ0n) is 10.2. The van der Waals surface area contributed by atoms with Gasteiger partial charge in [0.15, 0.2) is 6.29 Å². The first kappa shape index (κ1) is 11.9. The molecule has 0 N–H and O–H groups in total. The van der Waals surface area contributed by atoms with Crippen LogP contribution in [-0.2, 0) is 9.53 Å². The molecule has 1 atom stereocenters. The number of carbonyl (C=O) groups excluding carboxylic acids is 1. The summed E-state index contributed by atoms with van der Waals surface area (Å²) in [5.41, 5.74) is 0.663. The highest BCUT2D eigenvalue weighted by atomic mass is 16.5. The van der Waals surface area contributed by atoms with E-state index in [1.54, 1.807) is 12.1 Å². The van der Waals surface area contributed by atoms with E-state index in [2.05, 4.69) is 0 Å². The van der Waals surface area contributed by atoms with Crippen molar-refractivity contribution in [3.63, 3.8) is 0 Å². The van der Waals surface area contributed by atoms with Gasteiger partial charge in [0, 0.05) is 11.9 Å². The van der Waals surface area contributed by atoms with Crippen LogP contribution in [0, 0.1) is 0 Å². The fraction of sp³-hybridized carbons (Fsp3) is 0.286. The topological polar surface area (TPSA) is 59.8 Å². The van der Waals surface area contributed by atoms with Crippen LogP contribution in [0.25, 0.3) is 11.0 Å². The third-order valence-corrected chi connectivity index (χ3v) is 3.21. The number of fused-ring (bicyclic) bond motifs is 1. The Balaban J connectivity index is 2.02. The van der Waals surface area contributed by atoms with Crippen LogP contribution < -0.4 is 10.5 Å². The first-order valence-electron chi connectivity index (χ1n) is 6.12. The molecule has 2 aromatic rings. The Kier molecular flexibility index (Phi) is 3.05. The van der Waals surface area contributed by atoms with Crippen LogP contribution in [0.2, 0.25) is 0 Å². The van der Waals surface area contributed by atoms with Gasteiger partial charge in [-0.05, 0) is 12.1 Å².